The van der Waals surface area contributed by atoms with Gasteiger partial charge in [0.1, 0.15) is 5.76 Å². The summed E-state index contributed by atoms with van der Waals surface area (Å²) in [4.78, 5) is 21.6. The first-order valence-electron chi connectivity index (χ1n) is 5.77. The molecule has 1 aromatic heterocycles. The number of Topliss-reactive ketones (excluding diaryl/α,β-unsaturated/α-hetero) is 1. The third kappa shape index (κ3) is 2.40. The minimum atomic E-state index is -0.407. The highest BCUT2D eigenvalue weighted by atomic mass is 16.6. The number of nitro benzene ring substituents is 1. The van der Waals surface area contributed by atoms with Gasteiger partial charge in [-0.1, -0.05) is 0 Å². The molecule has 2 aromatic rings. The van der Waals surface area contributed by atoms with Gasteiger partial charge in [0.05, 0.1) is 4.92 Å². The molecule has 98 valence electrons. The first kappa shape index (κ1) is 13.0. The molecule has 1 aromatic carbocycles. The number of rotatable bonds is 3. The summed E-state index contributed by atoms with van der Waals surface area (Å²) in [6.45, 7) is 4.88. The van der Waals surface area contributed by atoms with Crippen LogP contribution >= 0.6 is 0 Å². The van der Waals surface area contributed by atoms with E-state index in [-0.39, 0.29) is 17.2 Å². The van der Waals surface area contributed by atoms with Crippen LogP contribution in [-0.4, -0.2) is 10.7 Å². The third-order valence-electron chi connectivity index (χ3n) is 2.96. The molecule has 1 heterocycles. The van der Waals surface area contributed by atoms with Crippen LogP contribution in [-0.2, 0) is 0 Å². The van der Waals surface area contributed by atoms with E-state index in [1.54, 1.807) is 32.0 Å². The lowest BCUT2D eigenvalue weighted by atomic mass is 10.0. The number of nitrogens with zero attached hydrogens (tertiary/aromatic N) is 1. The fourth-order valence-corrected chi connectivity index (χ4v) is 1.93. The monoisotopic (exact) mass is 259 g/mol. The predicted octanol–water partition coefficient (Wildman–Crippen LogP) is 3.67. The van der Waals surface area contributed by atoms with Crippen molar-refractivity contribution in [1.82, 2.24) is 0 Å². The van der Waals surface area contributed by atoms with Crippen molar-refractivity contribution in [3.63, 3.8) is 0 Å². The molecule has 0 aliphatic carbocycles. The average Bonchev–Trinajstić information content (AvgIpc) is 2.80. The van der Waals surface area contributed by atoms with Gasteiger partial charge in [-0.05, 0) is 37.6 Å². The van der Waals surface area contributed by atoms with Crippen LogP contribution in [0, 0.1) is 24.0 Å². The molecule has 0 bridgehead atoms. The maximum absolute atomic E-state index is 11.2. The Morgan fingerprint density at radius 1 is 1.21 bits per heavy atom. The molecule has 0 radical (unpaired) electrons. The van der Waals surface area contributed by atoms with Gasteiger partial charge in [0.15, 0.2) is 11.5 Å². The van der Waals surface area contributed by atoms with Gasteiger partial charge >= 0.3 is 0 Å². The Bertz CT molecular complexity index is 670. The van der Waals surface area contributed by atoms with Gasteiger partial charge in [-0.3, -0.25) is 14.9 Å². The van der Waals surface area contributed by atoms with Crippen LogP contribution < -0.4 is 0 Å². The summed E-state index contributed by atoms with van der Waals surface area (Å²) in [5.74, 6) is 0.675. The lowest BCUT2D eigenvalue weighted by molar-refractivity contribution is -0.385. The first-order valence-corrected chi connectivity index (χ1v) is 5.77. The molecule has 0 aliphatic heterocycles. The van der Waals surface area contributed by atoms with Gasteiger partial charge in [0.2, 0.25) is 0 Å². The van der Waals surface area contributed by atoms with Gasteiger partial charge < -0.3 is 4.42 Å². The van der Waals surface area contributed by atoms with Crippen molar-refractivity contribution in [1.29, 1.82) is 0 Å². The number of nitro groups is 1. The zero-order chi connectivity index (χ0) is 14.2. The van der Waals surface area contributed by atoms with Crippen molar-refractivity contribution in [3.8, 4) is 11.3 Å². The molecule has 0 saturated heterocycles. The van der Waals surface area contributed by atoms with E-state index in [0.717, 1.165) is 11.1 Å². The highest BCUT2D eigenvalue weighted by Crippen LogP contribution is 2.31. The summed E-state index contributed by atoms with van der Waals surface area (Å²) in [7, 11) is 0. The molecule has 0 saturated carbocycles. The number of aryl methyl sites for hydroxylation is 2. The number of hydrogen-bond donors (Lipinski definition) is 0. The van der Waals surface area contributed by atoms with E-state index in [4.69, 9.17) is 4.42 Å². The van der Waals surface area contributed by atoms with Crippen molar-refractivity contribution in [2.75, 3.05) is 0 Å². The Hall–Kier alpha value is -2.43. The predicted molar refractivity (Wildman–Crippen MR) is 70.3 cm³/mol. The maximum Gasteiger partial charge on any atom is 0.272 e. The summed E-state index contributed by atoms with van der Waals surface area (Å²) in [6, 6.07) is 6.52. The Balaban J connectivity index is 2.53. The number of furan rings is 1. The first-order chi connectivity index (χ1) is 8.90. The largest absolute Gasteiger partial charge is 0.453 e. The van der Waals surface area contributed by atoms with Gasteiger partial charge in [0, 0.05) is 24.1 Å². The SMILES string of the molecule is CC(=O)c1ccc(-c2cc(C)c([N+](=O)[O-])cc2C)o1. The van der Waals surface area contributed by atoms with Crippen LogP contribution in [0.2, 0.25) is 0 Å². The van der Waals surface area contributed by atoms with Gasteiger partial charge in [-0.2, -0.15) is 0 Å². The summed E-state index contributed by atoms with van der Waals surface area (Å²) >= 11 is 0. The van der Waals surface area contributed by atoms with E-state index < -0.39 is 4.92 Å². The van der Waals surface area contributed by atoms with Crippen molar-refractivity contribution in [2.24, 2.45) is 0 Å². The lowest BCUT2D eigenvalue weighted by Gasteiger charge is -2.05. The van der Waals surface area contributed by atoms with Crippen LogP contribution in [0.1, 0.15) is 28.6 Å². The van der Waals surface area contributed by atoms with Crippen molar-refractivity contribution < 1.29 is 14.1 Å². The molecule has 2 rings (SSSR count). The second-order valence-electron chi connectivity index (χ2n) is 4.43. The van der Waals surface area contributed by atoms with Crippen LogP contribution in [0.3, 0.4) is 0 Å². The van der Waals surface area contributed by atoms with Gasteiger partial charge in [-0.15, -0.1) is 0 Å². The second kappa shape index (κ2) is 4.68. The molecule has 0 atom stereocenters. The number of carbonyl (C=O) groups is 1. The number of ketones is 1. The van der Waals surface area contributed by atoms with Crippen molar-refractivity contribution in [3.05, 3.63) is 51.3 Å². The topological polar surface area (TPSA) is 73.3 Å². The Labute approximate surface area is 110 Å². The van der Waals surface area contributed by atoms with Crippen molar-refractivity contribution >= 4 is 11.5 Å². The summed E-state index contributed by atoms with van der Waals surface area (Å²) < 4.78 is 5.45. The molecule has 5 heteroatoms. The highest BCUT2D eigenvalue weighted by molar-refractivity contribution is 5.91. The van der Waals surface area contributed by atoms with Crippen LogP contribution in [0.5, 0.6) is 0 Å². The standard InChI is InChI=1S/C14H13NO4/c1-8-7-12(15(17)18)9(2)6-11(8)14-5-4-13(19-14)10(3)16/h4-7H,1-3H3. The molecule has 0 unspecified atom stereocenters. The fourth-order valence-electron chi connectivity index (χ4n) is 1.93. The molecule has 19 heavy (non-hydrogen) atoms. The number of hydrogen-bond acceptors (Lipinski definition) is 4. The zero-order valence-corrected chi connectivity index (χ0v) is 10.9. The third-order valence-corrected chi connectivity index (χ3v) is 2.96. The molecular weight excluding hydrogens is 246 g/mol. The van der Waals surface area contributed by atoms with Crippen LogP contribution in [0.15, 0.2) is 28.7 Å². The quantitative estimate of drug-likeness (QED) is 0.479. The molecular formula is C14H13NO4. The molecule has 0 aliphatic rings. The number of benzene rings is 1. The summed E-state index contributed by atoms with van der Waals surface area (Å²) in [5, 5.41) is 10.9. The molecule has 5 nitrogen and oxygen atoms in total. The molecule has 0 fully saturated rings. The summed E-state index contributed by atoms with van der Waals surface area (Å²) in [6.07, 6.45) is 0. The van der Waals surface area contributed by atoms with E-state index in [1.165, 1.54) is 13.0 Å². The van der Waals surface area contributed by atoms with E-state index in [1.807, 2.05) is 0 Å². The van der Waals surface area contributed by atoms with E-state index in [9.17, 15) is 14.9 Å². The van der Waals surface area contributed by atoms with Gasteiger partial charge in [-0.25, -0.2) is 0 Å². The minimum absolute atomic E-state index is 0.0830. The molecule has 0 N–H and O–H groups in total. The zero-order valence-electron chi connectivity index (χ0n) is 10.9. The van der Waals surface area contributed by atoms with E-state index >= 15 is 0 Å². The van der Waals surface area contributed by atoms with E-state index in [0.29, 0.717) is 11.3 Å². The van der Waals surface area contributed by atoms with Crippen LogP contribution in [0.25, 0.3) is 11.3 Å². The average molecular weight is 259 g/mol. The normalized spacial score (nSPS) is 10.5. The minimum Gasteiger partial charge on any atom is -0.453 e. The number of carbonyl (C=O) groups excluding carboxylic acids is 1. The molecule has 0 amide bonds. The maximum atomic E-state index is 11.2. The highest BCUT2D eigenvalue weighted by Gasteiger charge is 2.16. The Kier molecular flexibility index (Phi) is 3.21. The van der Waals surface area contributed by atoms with E-state index in [2.05, 4.69) is 0 Å². The summed E-state index contributed by atoms with van der Waals surface area (Å²) in [5.41, 5.74) is 2.14. The second-order valence-corrected chi connectivity index (χ2v) is 4.43. The molecule has 0 spiro atoms. The Morgan fingerprint density at radius 3 is 2.42 bits per heavy atom. The van der Waals surface area contributed by atoms with Crippen LogP contribution in [0.4, 0.5) is 5.69 Å². The fraction of sp³-hybridized carbons (Fsp3) is 0.214. The Morgan fingerprint density at radius 2 is 1.89 bits per heavy atom. The van der Waals surface area contributed by atoms with Crippen molar-refractivity contribution in [2.45, 2.75) is 20.8 Å². The smallest absolute Gasteiger partial charge is 0.272 e. The lowest BCUT2D eigenvalue weighted by Crippen LogP contribution is -1.94. The van der Waals surface area contributed by atoms with Gasteiger partial charge in [0.25, 0.3) is 5.69 Å².